The topological polar surface area (TPSA) is 0 Å². The zero-order valence-electron chi connectivity index (χ0n) is 9.17. The Morgan fingerprint density at radius 1 is 1.13 bits per heavy atom. The van der Waals surface area contributed by atoms with E-state index < -0.39 is 0 Å². The molecule has 0 unspecified atom stereocenters. The van der Waals surface area contributed by atoms with Crippen molar-refractivity contribution in [3.8, 4) is 0 Å². The molecular formula is C14H17F. The maximum atomic E-state index is 12.8. The molecular weight excluding hydrogens is 187 g/mol. The van der Waals surface area contributed by atoms with Gasteiger partial charge in [0.05, 0.1) is 0 Å². The number of hydrogen-bond donors (Lipinski definition) is 0. The second-order valence-electron chi connectivity index (χ2n) is 4.27. The quantitative estimate of drug-likeness (QED) is 0.594. The predicted octanol–water partition coefficient (Wildman–Crippen LogP) is 4.43. The van der Waals surface area contributed by atoms with Gasteiger partial charge in [-0.2, -0.15) is 0 Å². The number of halogens is 1. The summed E-state index contributed by atoms with van der Waals surface area (Å²) in [5.41, 5.74) is 2.87. The number of benzene rings is 1. The summed E-state index contributed by atoms with van der Waals surface area (Å²) in [5, 5.41) is 0. The van der Waals surface area contributed by atoms with Crippen molar-refractivity contribution in [1.82, 2.24) is 0 Å². The monoisotopic (exact) mass is 204 g/mol. The number of rotatable bonds is 1. The van der Waals surface area contributed by atoms with E-state index in [1.807, 2.05) is 12.1 Å². The first-order valence-corrected chi connectivity index (χ1v) is 5.69. The lowest BCUT2D eigenvalue weighted by Crippen LogP contribution is -2.06. The van der Waals surface area contributed by atoms with Crippen molar-refractivity contribution in [2.45, 2.75) is 38.5 Å². The maximum absolute atomic E-state index is 12.8. The zero-order chi connectivity index (χ0) is 10.7. The third kappa shape index (κ3) is 2.47. The molecule has 15 heavy (non-hydrogen) atoms. The molecule has 0 heterocycles. The summed E-state index contributed by atoms with van der Waals surface area (Å²) in [6.07, 6.45) is 7.08. The molecule has 1 aliphatic rings. The second kappa shape index (κ2) is 4.61. The summed E-state index contributed by atoms with van der Waals surface area (Å²) in [6.45, 7) is 2.12. The summed E-state index contributed by atoms with van der Waals surface area (Å²) in [4.78, 5) is 0. The van der Waals surface area contributed by atoms with Gasteiger partial charge in [-0.15, -0.1) is 0 Å². The highest BCUT2D eigenvalue weighted by Crippen LogP contribution is 2.35. The van der Waals surface area contributed by atoms with E-state index in [2.05, 4.69) is 13.0 Å². The number of hydrogen-bond acceptors (Lipinski definition) is 0. The van der Waals surface area contributed by atoms with E-state index in [0.29, 0.717) is 5.92 Å². The molecule has 0 N–H and O–H groups in total. The first kappa shape index (κ1) is 10.4. The first-order valence-electron chi connectivity index (χ1n) is 5.69. The molecule has 0 amide bonds. The highest BCUT2D eigenvalue weighted by Gasteiger charge is 2.17. The molecule has 1 heteroatoms. The molecule has 0 aromatic heterocycles. The van der Waals surface area contributed by atoms with Crippen LogP contribution in [0.1, 0.15) is 44.1 Å². The molecule has 1 aliphatic carbocycles. The van der Waals surface area contributed by atoms with E-state index in [1.165, 1.54) is 31.2 Å². The lowest BCUT2D eigenvalue weighted by atomic mass is 9.81. The van der Waals surface area contributed by atoms with Crippen LogP contribution in [0.3, 0.4) is 0 Å². The minimum absolute atomic E-state index is 0.135. The molecule has 1 aromatic carbocycles. The van der Waals surface area contributed by atoms with Gasteiger partial charge in [0, 0.05) is 0 Å². The average molecular weight is 204 g/mol. The second-order valence-corrected chi connectivity index (χ2v) is 4.27. The van der Waals surface area contributed by atoms with Crippen LogP contribution in [0, 0.1) is 5.82 Å². The van der Waals surface area contributed by atoms with Gasteiger partial charge in [-0.05, 0) is 56.2 Å². The third-order valence-corrected chi connectivity index (χ3v) is 3.38. The Hall–Kier alpha value is -1.11. The van der Waals surface area contributed by atoms with Crippen LogP contribution < -0.4 is 0 Å². The van der Waals surface area contributed by atoms with Crippen molar-refractivity contribution >= 4 is 0 Å². The third-order valence-electron chi connectivity index (χ3n) is 3.38. The molecule has 80 valence electrons. The van der Waals surface area contributed by atoms with E-state index in [0.717, 1.165) is 0 Å². The highest BCUT2D eigenvalue weighted by molar-refractivity contribution is 5.22. The van der Waals surface area contributed by atoms with Gasteiger partial charge in [-0.25, -0.2) is 4.39 Å². The van der Waals surface area contributed by atoms with Crippen molar-refractivity contribution in [1.29, 1.82) is 0 Å². The summed E-state index contributed by atoms with van der Waals surface area (Å²) >= 11 is 0. The minimum atomic E-state index is -0.135. The van der Waals surface area contributed by atoms with Crippen molar-refractivity contribution in [3.63, 3.8) is 0 Å². The van der Waals surface area contributed by atoms with Crippen LogP contribution in [0.5, 0.6) is 0 Å². The number of allylic oxidation sites excluding steroid dienone is 2. The Morgan fingerprint density at radius 2 is 1.73 bits per heavy atom. The fraction of sp³-hybridized carbons (Fsp3) is 0.429. The van der Waals surface area contributed by atoms with E-state index in [-0.39, 0.29) is 5.82 Å². The minimum Gasteiger partial charge on any atom is -0.207 e. The molecule has 2 rings (SSSR count). The molecule has 0 atom stereocenters. The smallest absolute Gasteiger partial charge is 0.123 e. The van der Waals surface area contributed by atoms with Crippen molar-refractivity contribution < 1.29 is 4.39 Å². The van der Waals surface area contributed by atoms with Gasteiger partial charge in [0.25, 0.3) is 0 Å². The van der Waals surface area contributed by atoms with Crippen LogP contribution in [-0.4, -0.2) is 0 Å². The van der Waals surface area contributed by atoms with Crippen LogP contribution in [0.2, 0.25) is 0 Å². The summed E-state index contributed by atoms with van der Waals surface area (Å²) in [5.74, 6) is 0.498. The van der Waals surface area contributed by atoms with Gasteiger partial charge in [-0.3, -0.25) is 0 Å². The Labute approximate surface area is 90.8 Å². The molecule has 0 radical (unpaired) electrons. The van der Waals surface area contributed by atoms with Gasteiger partial charge in [0.15, 0.2) is 0 Å². The van der Waals surface area contributed by atoms with Crippen molar-refractivity contribution in [3.05, 3.63) is 47.3 Å². The normalized spacial score (nSPS) is 21.5. The molecule has 0 spiro atoms. The SMILES string of the molecule is CC=C1CCC(c2ccc(F)cc2)CC1. The summed E-state index contributed by atoms with van der Waals surface area (Å²) in [7, 11) is 0. The predicted molar refractivity (Wildman–Crippen MR) is 61.4 cm³/mol. The van der Waals surface area contributed by atoms with Gasteiger partial charge in [-0.1, -0.05) is 23.8 Å². The molecule has 1 fully saturated rings. The lowest BCUT2D eigenvalue weighted by Gasteiger charge is -2.24. The average Bonchev–Trinajstić information content (AvgIpc) is 2.30. The maximum Gasteiger partial charge on any atom is 0.123 e. The van der Waals surface area contributed by atoms with E-state index in [4.69, 9.17) is 0 Å². The Bertz CT molecular complexity index is 338. The Kier molecular flexibility index (Phi) is 3.20. The van der Waals surface area contributed by atoms with Gasteiger partial charge in [0.1, 0.15) is 5.82 Å². The standard InChI is InChI=1S/C14H17F/c1-2-11-3-5-12(6-4-11)13-7-9-14(15)10-8-13/h2,7-10,12H,3-6H2,1H3. The van der Waals surface area contributed by atoms with Crippen LogP contribution in [0.4, 0.5) is 4.39 Å². The molecule has 0 bridgehead atoms. The zero-order valence-corrected chi connectivity index (χ0v) is 9.17. The Balaban J connectivity index is 2.04. The lowest BCUT2D eigenvalue weighted by molar-refractivity contribution is 0.515. The summed E-state index contributed by atoms with van der Waals surface area (Å²) in [6, 6.07) is 7.00. The highest BCUT2D eigenvalue weighted by atomic mass is 19.1. The van der Waals surface area contributed by atoms with Gasteiger partial charge < -0.3 is 0 Å². The van der Waals surface area contributed by atoms with Gasteiger partial charge >= 0.3 is 0 Å². The van der Waals surface area contributed by atoms with Crippen molar-refractivity contribution in [2.75, 3.05) is 0 Å². The fourth-order valence-corrected chi connectivity index (χ4v) is 2.35. The molecule has 1 aromatic rings. The van der Waals surface area contributed by atoms with Gasteiger partial charge in [0.2, 0.25) is 0 Å². The van der Waals surface area contributed by atoms with Crippen LogP contribution in [0.15, 0.2) is 35.9 Å². The van der Waals surface area contributed by atoms with E-state index in [9.17, 15) is 4.39 Å². The molecule has 1 saturated carbocycles. The van der Waals surface area contributed by atoms with E-state index >= 15 is 0 Å². The first-order chi connectivity index (χ1) is 7.29. The summed E-state index contributed by atoms with van der Waals surface area (Å²) < 4.78 is 12.8. The van der Waals surface area contributed by atoms with Crippen LogP contribution in [-0.2, 0) is 0 Å². The van der Waals surface area contributed by atoms with Crippen molar-refractivity contribution in [2.24, 2.45) is 0 Å². The Morgan fingerprint density at radius 3 is 2.27 bits per heavy atom. The fourth-order valence-electron chi connectivity index (χ4n) is 2.35. The molecule has 0 nitrogen and oxygen atoms in total. The largest absolute Gasteiger partial charge is 0.207 e. The molecule has 0 saturated heterocycles. The van der Waals surface area contributed by atoms with E-state index in [1.54, 1.807) is 17.7 Å². The molecule has 0 aliphatic heterocycles. The van der Waals surface area contributed by atoms with Crippen LogP contribution >= 0.6 is 0 Å². The van der Waals surface area contributed by atoms with Crippen LogP contribution in [0.25, 0.3) is 0 Å².